The monoisotopic (exact) mass is 757 g/mol. The highest BCUT2D eigenvalue weighted by Crippen LogP contribution is 2.69. The first-order chi connectivity index (χ1) is 26.3. The Kier molecular flexibility index (Phi) is 10.6. The maximum absolute atomic E-state index is 11.3. The van der Waals surface area contributed by atoms with Crippen LogP contribution < -0.4 is 22.1 Å². The number of furan rings is 1. The van der Waals surface area contributed by atoms with Gasteiger partial charge in [-0.05, 0) is 150 Å². The number of hydrogen-bond acceptors (Lipinski definition) is 6. The topological polar surface area (TPSA) is 167 Å². The molecule has 5 saturated carbocycles. The van der Waals surface area contributed by atoms with Crippen molar-refractivity contribution in [3.63, 3.8) is 0 Å². The second kappa shape index (κ2) is 15.0. The molecule has 8 rings (SSSR count). The number of allylic oxidation sites excluding steroid dienone is 1. The first kappa shape index (κ1) is 38.8. The van der Waals surface area contributed by atoms with Gasteiger partial charge in [0.05, 0.1) is 35.9 Å². The van der Waals surface area contributed by atoms with Gasteiger partial charge in [-0.2, -0.15) is 0 Å². The van der Waals surface area contributed by atoms with E-state index in [2.05, 4.69) is 47.7 Å². The van der Waals surface area contributed by atoms with Crippen LogP contribution in [0.4, 0.5) is 0 Å². The minimum atomic E-state index is -0.692. The first-order valence-electron chi connectivity index (χ1n) is 21.6. The molecule has 8 N–H and O–H groups in total. The Morgan fingerprint density at radius 2 is 1.85 bits per heavy atom. The van der Waals surface area contributed by atoms with Gasteiger partial charge in [-0.3, -0.25) is 9.98 Å². The minimum absolute atomic E-state index is 0.0394. The SMILES string of the molecule is C=C1C[C@@]2(CC[C@@H](CC[C@]3(O)CCC[C@H](O)C3)C2)[C@@H]2O[C@]2(C)CC[C@H]2[C@@H]1C[C@]2(C)[C@H]1CC[C@H]([C@H](NC(N)=NC)NC(N)=NCCc2cccc3cocc23)C1. The van der Waals surface area contributed by atoms with Crippen molar-refractivity contribution in [2.24, 2.45) is 61.9 Å². The van der Waals surface area contributed by atoms with Crippen LogP contribution in [-0.2, 0) is 11.2 Å². The first-order valence-corrected chi connectivity index (χ1v) is 21.6. The van der Waals surface area contributed by atoms with Crippen molar-refractivity contribution in [3.8, 4) is 0 Å². The zero-order chi connectivity index (χ0) is 38.6. The third-order valence-electron chi connectivity index (χ3n) is 16.0. The van der Waals surface area contributed by atoms with E-state index in [1.807, 2.05) is 0 Å². The van der Waals surface area contributed by atoms with E-state index in [1.165, 1.54) is 49.7 Å². The van der Waals surface area contributed by atoms with Gasteiger partial charge in [0.2, 0.25) is 0 Å². The third kappa shape index (κ3) is 7.69. The number of rotatable bonds is 10. The molecule has 2 aromatic rings. The Morgan fingerprint density at radius 1 is 1.02 bits per heavy atom. The average molecular weight is 757 g/mol. The van der Waals surface area contributed by atoms with E-state index in [0.29, 0.717) is 60.6 Å². The standard InChI is InChI=1S/C45H68N6O4/c1-28-22-44(18-12-29(23-44)13-19-45(53)16-6-9-34(52)24-45)39-43(3,55-39)17-14-37-35(28)25-42(37,2)33-11-10-31(21-33)38(50-40(46)48-4)51-41(47)49-20-15-30-7-5-8-32-26-54-27-36(30)32/h5,7-8,26-27,29,31,33-35,37-39,52-53H,1,6,9-25H2,2-4H3,(H3,46,48,50)(H3,47,49,51)/t29-,31-,33-,34-,35+,37-,38+,39+,42+,43+,44+,45+/m0/s1. The Labute approximate surface area is 328 Å². The molecule has 0 unspecified atom stereocenters. The fraction of sp³-hybridized carbons (Fsp3) is 0.733. The van der Waals surface area contributed by atoms with Crippen molar-refractivity contribution < 1.29 is 19.4 Å². The molecular formula is C45H68N6O4. The summed E-state index contributed by atoms with van der Waals surface area (Å²) in [6, 6.07) is 6.23. The summed E-state index contributed by atoms with van der Waals surface area (Å²) in [5, 5.41) is 30.7. The van der Waals surface area contributed by atoms with Crippen LogP contribution in [0.3, 0.4) is 0 Å². The van der Waals surface area contributed by atoms with E-state index < -0.39 is 5.60 Å². The number of nitrogens with one attached hydrogen (secondary N) is 2. The molecule has 1 spiro atoms. The van der Waals surface area contributed by atoms with Gasteiger partial charge in [0.25, 0.3) is 0 Å². The van der Waals surface area contributed by atoms with Crippen LogP contribution in [0.2, 0.25) is 0 Å². The summed E-state index contributed by atoms with van der Waals surface area (Å²) in [5.41, 5.74) is 15.2. The number of nitrogens with two attached hydrogens (primary N) is 2. The van der Waals surface area contributed by atoms with Gasteiger partial charge >= 0.3 is 0 Å². The molecule has 1 aliphatic heterocycles. The zero-order valence-electron chi connectivity index (χ0n) is 33.7. The number of hydrogen-bond donors (Lipinski definition) is 6. The lowest BCUT2D eigenvalue weighted by Crippen LogP contribution is -2.56. The lowest BCUT2D eigenvalue weighted by molar-refractivity contribution is -0.0697. The molecule has 302 valence electrons. The number of benzene rings is 1. The number of ether oxygens (including phenoxy) is 1. The molecule has 0 bridgehead atoms. The average Bonchev–Trinajstić information content (AvgIpc) is 3.61. The van der Waals surface area contributed by atoms with Gasteiger partial charge in [-0.15, -0.1) is 0 Å². The summed E-state index contributed by atoms with van der Waals surface area (Å²) < 4.78 is 12.2. The van der Waals surface area contributed by atoms with Crippen LogP contribution in [0.25, 0.3) is 10.8 Å². The highest BCUT2D eigenvalue weighted by Gasteiger charge is 2.67. The molecule has 10 nitrogen and oxygen atoms in total. The molecule has 0 amide bonds. The fourth-order valence-corrected chi connectivity index (χ4v) is 12.9. The van der Waals surface area contributed by atoms with Crippen molar-refractivity contribution >= 4 is 22.7 Å². The van der Waals surface area contributed by atoms with Crippen molar-refractivity contribution in [1.29, 1.82) is 0 Å². The third-order valence-corrected chi connectivity index (χ3v) is 16.0. The van der Waals surface area contributed by atoms with Crippen molar-refractivity contribution in [1.82, 2.24) is 10.6 Å². The van der Waals surface area contributed by atoms with E-state index >= 15 is 0 Å². The molecule has 55 heavy (non-hydrogen) atoms. The molecule has 5 aliphatic carbocycles. The minimum Gasteiger partial charge on any atom is -0.471 e. The highest BCUT2D eigenvalue weighted by atomic mass is 16.6. The van der Waals surface area contributed by atoms with Gasteiger partial charge in [0.15, 0.2) is 11.9 Å². The van der Waals surface area contributed by atoms with Crippen LogP contribution in [0.1, 0.15) is 122 Å². The molecule has 6 fully saturated rings. The molecule has 6 aliphatic rings. The molecule has 1 aromatic carbocycles. The molecule has 1 aromatic heterocycles. The fourth-order valence-electron chi connectivity index (χ4n) is 12.9. The lowest BCUT2D eigenvalue weighted by atomic mass is 9.46. The number of aliphatic hydroxyl groups excluding tert-OH is 1. The summed E-state index contributed by atoms with van der Waals surface area (Å²) in [5.74, 6) is 3.60. The molecule has 1 saturated heterocycles. The highest BCUT2D eigenvalue weighted by molar-refractivity contribution is 5.84. The Morgan fingerprint density at radius 3 is 2.67 bits per heavy atom. The van der Waals surface area contributed by atoms with Crippen molar-refractivity contribution in [2.45, 2.75) is 153 Å². The van der Waals surface area contributed by atoms with Crippen LogP contribution in [0.5, 0.6) is 0 Å². The second-order valence-corrected chi connectivity index (χ2v) is 19.5. The van der Waals surface area contributed by atoms with Crippen molar-refractivity contribution in [2.75, 3.05) is 13.6 Å². The second-order valence-electron chi connectivity index (χ2n) is 19.5. The summed E-state index contributed by atoms with van der Waals surface area (Å²) >= 11 is 0. The molecule has 10 heteroatoms. The van der Waals surface area contributed by atoms with E-state index in [1.54, 1.807) is 19.6 Å². The summed E-state index contributed by atoms with van der Waals surface area (Å²) in [6.07, 6.45) is 20.8. The maximum Gasteiger partial charge on any atom is 0.190 e. The Bertz CT molecular complexity index is 1780. The normalized spacial score (nSPS) is 41.2. The Balaban J connectivity index is 0.896. The smallest absolute Gasteiger partial charge is 0.190 e. The number of nitrogens with zero attached hydrogens (tertiary/aromatic N) is 2. The van der Waals surface area contributed by atoms with E-state index in [0.717, 1.165) is 75.0 Å². The number of fused-ring (bicyclic) bond motifs is 4. The largest absolute Gasteiger partial charge is 0.471 e. The van der Waals surface area contributed by atoms with Gasteiger partial charge < -0.3 is 41.5 Å². The molecule has 2 heterocycles. The van der Waals surface area contributed by atoms with Crippen molar-refractivity contribution in [3.05, 3.63) is 48.4 Å². The van der Waals surface area contributed by atoms with E-state index in [-0.39, 0.29) is 28.7 Å². The summed E-state index contributed by atoms with van der Waals surface area (Å²) in [6.45, 7) is 10.4. The number of guanidine groups is 2. The van der Waals surface area contributed by atoms with Gasteiger partial charge in [0.1, 0.15) is 6.17 Å². The number of aliphatic hydroxyl groups is 2. The van der Waals surface area contributed by atoms with E-state index in [4.69, 9.17) is 32.2 Å². The van der Waals surface area contributed by atoms with Crippen LogP contribution in [0, 0.1) is 40.4 Å². The maximum atomic E-state index is 11.3. The zero-order valence-corrected chi connectivity index (χ0v) is 33.7. The molecule has 12 atom stereocenters. The molecular weight excluding hydrogens is 689 g/mol. The van der Waals surface area contributed by atoms with Gasteiger partial charge in [-0.25, -0.2) is 0 Å². The summed E-state index contributed by atoms with van der Waals surface area (Å²) in [7, 11) is 1.71. The number of aliphatic imine (C=N–C) groups is 2. The van der Waals surface area contributed by atoms with E-state index in [9.17, 15) is 10.2 Å². The predicted molar refractivity (Wildman–Crippen MR) is 219 cm³/mol. The van der Waals surface area contributed by atoms with Crippen LogP contribution >= 0.6 is 0 Å². The number of epoxide rings is 1. The van der Waals surface area contributed by atoms with Gasteiger partial charge in [0, 0.05) is 36.2 Å². The lowest BCUT2D eigenvalue weighted by Gasteiger charge is -2.58. The molecule has 0 radical (unpaired) electrons. The van der Waals surface area contributed by atoms with Crippen LogP contribution in [0.15, 0.2) is 57.3 Å². The predicted octanol–water partition coefficient (Wildman–Crippen LogP) is 6.93. The quantitative estimate of drug-likeness (QED) is 0.0499. The van der Waals surface area contributed by atoms with Crippen LogP contribution in [-0.4, -0.2) is 65.3 Å². The summed E-state index contributed by atoms with van der Waals surface area (Å²) in [4.78, 5) is 8.94. The van der Waals surface area contributed by atoms with Gasteiger partial charge in [-0.1, -0.05) is 37.3 Å². The Hall–Kier alpha value is -3.08.